The van der Waals surface area contributed by atoms with Crippen LogP contribution in [0.25, 0.3) is 0 Å². The molecule has 1 saturated heterocycles. The third-order valence-electron chi connectivity index (χ3n) is 8.91. The highest BCUT2D eigenvalue weighted by atomic mass is 16.7. The van der Waals surface area contributed by atoms with E-state index in [4.69, 9.17) is 15.2 Å². The zero-order valence-corrected chi connectivity index (χ0v) is 28.0. The molecule has 0 unspecified atom stereocenters. The van der Waals surface area contributed by atoms with Crippen LogP contribution in [0.5, 0.6) is 0 Å². The first-order valence-corrected chi connectivity index (χ1v) is 16.7. The highest BCUT2D eigenvalue weighted by Gasteiger charge is 2.34. The molecule has 258 valence electrons. The second kappa shape index (κ2) is 17.2. The van der Waals surface area contributed by atoms with Crippen molar-refractivity contribution in [3.63, 3.8) is 0 Å². The van der Waals surface area contributed by atoms with E-state index in [2.05, 4.69) is 15.5 Å². The SMILES string of the molecule is C[C@H]([C@@H](O)c1ccccc1)N(C)C[C@H]1C[C@@H](c2ccc(CO)cc2)O[C@@H](c2ccc(NC(=O)CCCC(=O)Nc3ccccc3N)cc2)O1. The molecule has 10 nitrogen and oxygen atoms in total. The Morgan fingerprint density at radius 2 is 1.49 bits per heavy atom. The molecule has 0 saturated carbocycles. The molecule has 5 rings (SSSR count). The Hall–Kier alpha value is -4.58. The van der Waals surface area contributed by atoms with Crippen molar-refractivity contribution in [1.82, 2.24) is 4.90 Å². The lowest BCUT2D eigenvalue weighted by Gasteiger charge is -2.39. The van der Waals surface area contributed by atoms with Crippen molar-refractivity contribution in [2.45, 2.75) is 69.9 Å². The number of anilines is 3. The number of amides is 2. The number of carbonyl (C=O) groups is 2. The van der Waals surface area contributed by atoms with Gasteiger partial charge in [-0.05, 0) is 61.3 Å². The van der Waals surface area contributed by atoms with Gasteiger partial charge in [0.1, 0.15) is 0 Å². The number of carbonyl (C=O) groups excluding carboxylic acids is 2. The van der Waals surface area contributed by atoms with Crippen LogP contribution < -0.4 is 16.4 Å². The average Bonchev–Trinajstić information content (AvgIpc) is 3.12. The van der Waals surface area contributed by atoms with Crippen LogP contribution in [0, 0.1) is 0 Å². The highest BCUT2D eigenvalue weighted by molar-refractivity contribution is 5.94. The molecule has 1 aliphatic heterocycles. The lowest BCUT2D eigenvalue weighted by atomic mass is 9.98. The fourth-order valence-electron chi connectivity index (χ4n) is 5.87. The van der Waals surface area contributed by atoms with Crippen LogP contribution in [0.3, 0.4) is 0 Å². The van der Waals surface area contributed by atoms with Gasteiger partial charge in [-0.1, -0.05) is 78.9 Å². The summed E-state index contributed by atoms with van der Waals surface area (Å²) in [4.78, 5) is 27.0. The normalized spacial score (nSPS) is 18.8. The molecule has 2 amide bonds. The van der Waals surface area contributed by atoms with Gasteiger partial charge in [-0.15, -0.1) is 0 Å². The minimum Gasteiger partial charge on any atom is -0.397 e. The molecule has 1 aliphatic rings. The summed E-state index contributed by atoms with van der Waals surface area (Å²) in [5, 5.41) is 26.2. The molecule has 0 aromatic heterocycles. The molecule has 5 atom stereocenters. The van der Waals surface area contributed by atoms with Gasteiger partial charge in [0.15, 0.2) is 6.29 Å². The summed E-state index contributed by atoms with van der Waals surface area (Å²) in [7, 11) is 1.98. The lowest BCUT2D eigenvalue weighted by molar-refractivity contribution is -0.253. The van der Waals surface area contributed by atoms with Crippen LogP contribution in [0.15, 0.2) is 103 Å². The largest absolute Gasteiger partial charge is 0.397 e. The van der Waals surface area contributed by atoms with Gasteiger partial charge in [-0.25, -0.2) is 0 Å². The molecule has 0 bridgehead atoms. The van der Waals surface area contributed by atoms with Gasteiger partial charge in [0.2, 0.25) is 11.8 Å². The number of aliphatic hydroxyl groups excluding tert-OH is 2. The minimum absolute atomic E-state index is 0.0331. The van der Waals surface area contributed by atoms with E-state index in [-0.39, 0.29) is 49.5 Å². The molecule has 0 radical (unpaired) electrons. The molecule has 4 aromatic rings. The number of nitrogens with two attached hydrogens (primary N) is 1. The van der Waals surface area contributed by atoms with Gasteiger partial charge in [0.05, 0.1) is 36.3 Å². The van der Waals surface area contributed by atoms with Gasteiger partial charge in [-0.3, -0.25) is 14.5 Å². The molecule has 6 N–H and O–H groups in total. The topological polar surface area (TPSA) is 146 Å². The number of aliphatic hydroxyl groups is 2. The van der Waals surface area contributed by atoms with Crippen molar-refractivity contribution in [3.05, 3.63) is 125 Å². The molecule has 0 spiro atoms. The van der Waals surface area contributed by atoms with Gasteiger partial charge in [0, 0.05) is 43.1 Å². The summed E-state index contributed by atoms with van der Waals surface area (Å²) in [5.74, 6) is -0.386. The van der Waals surface area contributed by atoms with E-state index in [1.54, 1.807) is 24.3 Å². The summed E-state index contributed by atoms with van der Waals surface area (Å²) in [6, 6.07) is 31.6. The van der Waals surface area contributed by atoms with Crippen LogP contribution >= 0.6 is 0 Å². The number of hydrogen-bond donors (Lipinski definition) is 5. The number of likely N-dealkylation sites (N-methyl/N-ethyl adjacent to an activating group) is 1. The standard InChI is InChI=1S/C39H46N4O6/c1-26(38(47)29-9-4-3-5-10-29)43(2)24-32-23-35(28-17-15-27(25-44)16-18-28)49-39(48-32)30-19-21-31(22-20-30)41-36(45)13-8-14-37(46)42-34-12-7-6-11-33(34)40/h3-7,9-12,15-22,26,32,35,38-39,44,47H,8,13-14,23-25,40H2,1-2H3,(H,41,45)(H,42,46)/t26-,32-,35+,38-,39+/m1/s1. The Morgan fingerprint density at radius 1 is 0.857 bits per heavy atom. The van der Waals surface area contributed by atoms with Gasteiger partial charge >= 0.3 is 0 Å². The van der Waals surface area contributed by atoms with Crippen LogP contribution in [0.2, 0.25) is 0 Å². The first kappa shape index (κ1) is 35.7. The molecule has 1 heterocycles. The van der Waals surface area contributed by atoms with E-state index >= 15 is 0 Å². The molecule has 10 heteroatoms. The maximum atomic E-state index is 12.6. The van der Waals surface area contributed by atoms with Crippen LogP contribution in [-0.2, 0) is 25.7 Å². The zero-order valence-electron chi connectivity index (χ0n) is 28.0. The number of nitrogens with zero attached hydrogens (tertiary/aromatic N) is 1. The van der Waals surface area contributed by atoms with E-state index in [0.717, 1.165) is 22.3 Å². The van der Waals surface area contributed by atoms with Crippen molar-refractivity contribution in [2.24, 2.45) is 0 Å². The van der Waals surface area contributed by atoms with E-state index in [9.17, 15) is 19.8 Å². The summed E-state index contributed by atoms with van der Waals surface area (Å²) in [6.07, 6.45) is -0.384. The number of nitrogen functional groups attached to an aromatic ring is 1. The third-order valence-corrected chi connectivity index (χ3v) is 8.91. The minimum atomic E-state index is -0.661. The highest BCUT2D eigenvalue weighted by Crippen LogP contribution is 2.38. The number of nitrogens with one attached hydrogen (secondary N) is 2. The number of hydrogen-bond acceptors (Lipinski definition) is 8. The van der Waals surface area contributed by atoms with E-state index in [1.165, 1.54) is 0 Å². The van der Waals surface area contributed by atoms with Crippen molar-refractivity contribution >= 4 is 28.9 Å². The number of ether oxygens (including phenoxy) is 2. The first-order valence-electron chi connectivity index (χ1n) is 16.7. The number of para-hydroxylation sites is 2. The molecule has 1 fully saturated rings. The van der Waals surface area contributed by atoms with E-state index in [1.807, 2.05) is 92.8 Å². The first-order chi connectivity index (χ1) is 23.7. The second-order valence-electron chi connectivity index (χ2n) is 12.5. The smallest absolute Gasteiger partial charge is 0.224 e. The van der Waals surface area contributed by atoms with Crippen LogP contribution in [-0.4, -0.2) is 52.7 Å². The van der Waals surface area contributed by atoms with Crippen molar-refractivity contribution in [1.29, 1.82) is 0 Å². The molecular formula is C39H46N4O6. The van der Waals surface area contributed by atoms with E-state index in [0.29, 0.717) is 36.4 Å². The number of rotatable bonds is 14. The Labute approximate surface area is 287 Å². The van der Waals surface area contributed by atoms with Crippen LogP contribution in [0.4, 0.5) is 17.1 Å². The molecule has 0 aliphatic carbocycles. The van der Waals surface area contributed by atoms with Crippen molar-refractivity contribution in [3.8, 4) is 0 Å². The van der Waals surface area contributed by atoms with Gasteiger partial charge < -0.3 is 36.1 Å². The predicted octanol–water partition coefficient (Wildman–Crippen LogP) is 6.11. The second-order valence-corrected chi connectivity index (χ2v) is 12.5. The van der Waals surface area contributed by atoms with Crippen molar-refractivity contribution in [2.75, 3.05) is 30.0 Å². The van der Waals surface area contributed by atoms with E-state index < -0.39 is 12.4 Å². The molecule has 49 heavy (non-hydrogen) atoms. The maximum Gasteiger partial charge on any atom is 0.224 e. The maximum absolute atomic E-state index is 12.6. The Balaban J connectivity index is 1.19. The van der Waals surface area contributed by atoms with Gasteiger partial charge in [0.25, 0.3) is 0 Å². The Morgan fingerprint density at radius 3 is 2.16 bits per heavy atom. The zero-order chi connectivity index (χ0) is 34.8. The summed E-state index contributed by atoms with van der Waals surface area (Å²) >= 11 is 0. The number of benzene rings is 4. The average molecular weight is 667 g/mol. The quantitative estimate of drug-likeness (QED) is 0.101. The summed E-state index contributed by atoms with van der Waals surface area (Å²) in [6.45, 7) is 2.54. The van der Waals surface area contributed by atoms with Gasteiger partial charge in [-0.2, -0.15) is 0 Å². The Kier molecular flexibility index (Phi) is 12.5. The Bertz CT molecular complexity index is 1650. The van der Waals surface area contributed by atoms with Crippen LogP contribution in [0.1, 0.15) is 73.4 Å². The summed E-state index contributed by atoms with van der Waals surface area (Å²) < 4.78 is 13.0. The fourth-order valence-corrected chi connectivity index (χ4v) is 5.87. The third kappa shape index (κ3) is 9.97. The summed E-state index contributed by atoms with van der Waals surface area (Å²) in [5.41, 5.74) is 11.0. The predicted molar refractivity (Wildman–Crippen MR) is 190 cm³/mol. The molecule has 4 aromatic carbocycles. The fraction of sp³-hybridized carbons (Fsp3) is 0.333. The monoisotopic (exact) mass is 666 g/mol. The molecular weight excluding hydrogens is 620 g/mol. The van der Waals surface area contributed by atoms with Crippen molar-refractivity contribution < 1.29 is 29.3 Å². The lowest BCUT2D eigenvalue weighted by Crippen LogP contribution is -2.43.